The first-order chi connectivity index (χ1) is 31.8. The van der Waals surface area contributed by atoms with Gasteiger partial charge in [-0.15, -0.1) is 11.3 Å². The molecule has 68 heavy (non-hydrogen) atoms. The molecule has 3 nitrogen and oxygen atoms in total. The van der Waals surface area contributed by atoms with Crippen LogP contribution in [0.5, 0.6) is 0 Å². The van der Waals surface area contributed by atoms with E-state index >= 15 is 0 Å². The molecule has 1 atom stereocenters. The zero-order valence-electron chi connectivity index (χ0n) is 44.1. The molecule has 0 N–H and O–H groups in total. The summed E-state index contributed by atoms with van der Waals surface area (Å²) in [6.45, 7) is 38.9. The second-order valence-electron chi connectivity index (χ2n) is 26.4. The van der Waals surface area contributed by atoms with E-state index in [4.69, 9.17) is 4.98 Å². The normalized spacial score (nSPS) is 20.9. The highest BCUT2D eigenvalue weighted by atomic mass is 32.1. The average molecular weight is 916 g/mol. The minimum atomic E-state index is -0.0534. The maximum atomic E-state index is 5.41. The molecule has 2 aliphatic heterocycles. The van der Waals surface area contributed by atoms with Crippen molar-refractivity contribution >= 4 is 78.0 Å². The topological polar surface area (TPSA) is 19.4 Å². The van der Waals surface area contributed by atoms with Gasteiger partial charge < -0.3 is 9.80 Å². The summed E-state index contributed by atoms with van der Waals surface area (Å²) in [4.78, 5) is 12.0. The number of pyridine rings is 1. The summed E-state index contributed by atoms with van der Waals surface area (Å²) in [6.07, 6.45) is 10.5. The van der Waals surface area contributed by atoms with Crippen molar-refractivity contribution in [2.45, 2.75) is 170 Å². The first kappa shape index (κ1) is 45.6. The summed E-state index contributed by atoms with van der Waals surface area (Å²) in [5.74, 6) is 0.256. The van der Waals surface area contributed by atoms with Gasteiger partial charge in [-0.3, -0.25) is 0 Å². The molecule has 0 saturated carbocycles. The van der Waals surface area contributed by atoms with Gasteiger partial charge in [-0.2, -0.15) is 0 Å². The van der Waals surface area contributed by atoms with Crippen molar-refractivity contribution in [1.29, 1.82) is 0 Å². The van der Waals surface area contributed by atoms with E-state index in [9.17, 15) is 0 Å². The molecule has 0 amide bonds. The number of benzene rings is 4. The highest BCUT2D eigenvalue weighted by Gasteiger charge is 2.50. The number of thiophene rings is 1. The lowest BCUT2D eigenvalue weighted by atomic mass is 9.35. The summed E-state index contributed by atoms with van der Waals surface area (Å²) in [5, 5.41) is 1.27. The van der Waals surface area contributed by atoms with Crippen LogP contribution in [0.4, 0.5) is 28.4 Å². The van der Waals surface area contributed by atoms with Crippen molar-refractivity contribution in [3.63, 3.8) is 0 Å². The Morgan fingerprint density at radius 1 is 0.647 bits per heavy atom. The number of aromatic nitrogens is 1. The molecule has 3 aliphatic carbocycles. The quantitative estimate of drug-likeness (QED) is 0.165. The second-order valence-corrected chi connectivity index (χ2v) is 27.4. The molecular weight excluding hydrogens is 842 g/mol. The number of rotatable bonds is 3. The minimum Gasteiger partial charge on any atom is -0.313 e. The van der Waals surface area contributed by atoms with Crippen LogP contribution >= 0.6 is 11.3 Å². The van der Waals surface area contributed by atoms with Crippen LogP contribution in [0, 0.1) is 18.3 Å². The van der Waals surface area contributed by atoms with Gasteiger partial charge in [0.15, 0.2) is 0 Å². The highest BCUT2D eigenvalue weighted by molar-refractivity contribution is 7.33. The molecule has 11 rings (SSSR count). The van der Waals surface area contributed by atoms with Gasteiger partial charge in [0.1, 0.15) is 4.83 Å². The van der Waals surface area contributed by atoms with Crippen LogP contribution in [0.1, 0.15) is 175 Å². The Kier molecular flexibility index (Phi) is 9.94. The number of fused-ring (bicyclic) bond motifs is 8. The van der Waals surface area contributed by atoms with E-state index in [1.807, 2.05) is 11.3 Å². The van der Waals surface area contributed by atoms with Crippen molar-refractivity contribution < 1.29 is 0 Å². The van der Waals surface area contributed by atoms with Crippen LogP contribution < -0.4 is 25.5 Å². The van der Waals surface area contributed by atoms with Crippen molar-refractivity contribution in [2.24, 2.45) is 11.3 Å². The highest BCUT2D eigenvalue weighted by Crippen LogP contribution is 2.55. The number of anilines is 5. The first-order valence-corrected chi connectivity index (χ1v) is 26.6. The zero-order chi connectivity index (χ0) is 48.4. The van der Waals surface area contributed by atoms with E-state index in [2.05, 4.69) is 212 Å². The van der Waals surface area contributed by atoms with Gasteiger partial charge >= 0.3 is 0 Å². The van der Waals surface area contributed by atoms with Crippen LogP contribution in [-0.4, -0.2) is 11.7 Å². The van der Waals surface area contributed by atoms with Gasteiger partial charge in [0.2, 0.25) is 0 Å². The zero-order valence-corrected chi connectivity index (χ0v) is 44.9. The van der Waals surface area contributed by atoms with Gasteiger partial charge in [-0.1, -0.05) is 158 Å². The Bertz CT molecular complexity index is 3160. The lowest BCUT2D eigenvalue weighted by molar-refractivity contribution is 0.332. The third-order valence-corrected chi connectivity index (χ3v) is 18.6. The fraction of sp³-hybridized carbons (Fsp3) is 0.444. The van der Waals surface area contributed by atoms with Crippen LogP contribution in [0.25, 0.3) is 15.8 Å². The summed E-state index contributed by atoms with van der Waals surface area (Å²) in [6, 6.07) is 31.8. The SMILES string of the molecule is Cc1cc2c3c(c1)N(c1ccc4c(c1)C(C)(C)CCC4(C)C)c1cc4c(cc1B3c1sc3ncc(C(C)(C)C)cc3c1N2C1=C(c2ccccc2)C=C(C(C)(C)C)CC1C)C(C)(C)CCC4(C)C. The summed E-state index contributed by atoms with van der Waals surface area (Å²) < 4.78 is 1.41. The summed E-state index contributed by atoms with van der Waals surface area (Å²) in [5.41, 5.74) is 23.8. The van der Waals surface area contributed by atoms with E-state index in [-0.39, 0.29) is 45.1 Å². The smallest absolute Gasteiger partial charge is 0.264 e. The standard InChI is InChI=1S/C63H74BN3S/c1-37-28-51-53-52(29-37)67(54-38(2)30-40(58(3,4)5)31-43(54)39-20-18-17-19-21-39)55-44-32-41(59(6,7)8)36-65-57(44)68-56(55)64(53)49-34-47-48(63(15,16)27-26-62(47,13)14)35-50(49)66(51)42-22-23-45-46(33-42)61(11,12)25-24-60(45,9)10/h17-23,28-29,31-36,38H,24-27,30H2,1-16H3. The van der Waals surface area contributed by atoms with E-state index in [0.717, 1.165) is 11.3 Å². The monoisotopic (exact) mass is 916 g/mol. The van der Waals surface area contributed by atoms with Crippen molar-refractivity contribution in [1.82, 2.24) is 4.98 Å². The Morgan fingerprint density at radius 2 is 1.24 bits per heavy atom. The molecular formula is C63H74BN3S. The fourth-order valence-corrected chi connectivity index (χ4v) is 14.2. The maximum Gasteiger partial charge on any atom is 0.264 e. The van der Waals surface area contributed by atoms with Gasteiger partial charge in [0.25, 0.3) is 6.71 Å². The average Bonchev–Trinajstić information content (AvgIpc) is 3.65. The van der Waals surface area contributed by atoms with E-state index in [1.165, 1.54) is 131 Å². The third kappa shape index (κ3) is 6.89. The number of nitrogens with zero attached hydrogens (tertiary/aromatic N) is 3. The Labute approximate surface area is 413 Å². The van der Waals surface area contributed by atoms with Crippen LogP contribution in [0.3, 0.4) is 0 Å². The molecule has 5 aliphatic rings. The molecule has 4 heterocycles. The van der Waals surface area contributed by atoms with Crippen LogP contribution in [0.2, 0.25) is 0 Å². The first-order valence-electron chi connectivity index (χ1n) is 25.8. The fourth-order valence-electron chi connectivity index (χ4n) is 12.9. The molecule has 0 spiro atoms. The number of hydrogen-bond donors (Lipinski definition) is 0. The maximum absolute atomic E-state index is 5.41. The lowest BCUT2D eigenvalue weighted by Gasteiger charge is -2.48. The number of hydrogen-bond acceptors (Lipinski definition) is 4. The molecule has 1 unspecified atom stereocenters. The minimum absolute atomic E-state index is 0.0369. The predicted octanol–water partition coefficient (Wildman–Crippen LogP) is 15.8. The van der Waals surface area contributed by atoms with Crippen LogP contribution in [-0.2, 0) is 27.1 Å². The molecule has 6 aromatic rings. The third-order valence-electron chi connectivity index (χ3n) is 17.5. The van der Waals surface area contributed by atoms with Crippen molar-refractivity contribution in [3.8, 4) is 0 Å². The molecule has 0 bridgehead atoms. The molecule has 0 saturated heterocycles. The van der Waals surface area contributed by atoms with E-state index in [1.54, 1.807) is 0 Å². The summed E-state index contributed by atoms with van der Waals surface area (Å²) in [7, 11) is 0. The second kappa shape index (κ2) is 14.8. The summed E-state index contributed by atoms with van der Waals surface area (Å²) >= 11 is 1.94. The molecule has 0 radical (unpaired) electrons. The molecule has 4 aromatic carbocycles. The van der Waals surface area contributed by atoms with Gasteiger partial charge in [0, 0.05) is 56.3 Å². The Hall–Kier alpha value is -4.87. The van der Waals surface area contributed by atoms with Crippen molar-refractivity contribution in [2.75, 3.05) is 9.80 Å². The predicted molar refractivity (Wildman–Crippen MR) is 296 cm³/mol. The van der Waals surface area contributed by atoms with E-state index in [0.29, 0.717) is 0 Å². The van der Waals surface area contributed by atoms with Gasteiger partial charge in [0.05, 0.1) is 5.69 Å². The number of aryl methyl sites for hydroxylation is 1. The van der Waals surface area contributed by atoms with Gasteiger partial charge in [-0.25, -0.2) is 4.98 Å². The van der Waals surface area contributed by atoms with Gasteiger partial charge in [-0.05, 0) is 158 Å². The molecule has 5 heteroatoms. The molecule has 350 valence electrons. The molecule has 2 aromatic heterocycles. The van der Waals surface area contributed by atoms with E-state index < -0.39 is 0 Å². The lowest BCUT2D eigenvalue weighted by Crippen LogP contribution is -2.61. The largest absolute Gasteiger partial charge is 0.313 e. The Morgan fingerprint density at radius 3 is 1.85 bits per heavy atom. The van der Waals surface area contributed by atoms with Crippen molar-refractivity contribution in [3.05, 3.63) is 141 Å². The molecule has 0 fully saturated rings. The number of allylic oxidation sites excluding steroid dienone is 4. The van der Waals surface area contributed by atoms with Crippen LogP contribution in [0.15, 0.2) is 102 Å². The Balaban J connectivity index is 1.30.